The second-order valence-electron chi connectivity index (χ2n) is 13.8. The summed E-state index contributed by atoms with van der Waals surface area (Å²) in [5.41, 5.74) is 0.506. The largest absolute Gasteiger partial charge is 0.573 e. The first-order chi connectivity index (χ1) is 21.2. The van der Waals surface area contributed by atoms with Gasteiger partial charge in [-0.15, -0.1) is 13.2 Å². The number of methoxy groups -OCH3 is 1. The molecule has 3 fully saturated rings. The zero-order chi connectivity index (χ0) is 32.4. The number of halogens is 3. The summed E-state index contributed by atoms with van der Waals surface area (Å²) >= 11 is 0. The fourth-order valence-electron chi connectivity index (χ4n) is 9.23. The first-order valence-electron chi connectivity index (χ1n) is 15.8. The third kappa shape index (κ3) is 5.30. The van der Waals surface area contributed by atoms with Gasteiger partial charge in [-0.05, 0) is 30.1 Å². The summed E-state index contributed by atoms with van der Waals surface area (Å²) in [5.74, 6) is -3.08. The highest BCUT2D eigenvalue weighted by Gasteiger charge is 2.71. The average Bonchev–Trinajstić information content (AvgIpc) is 3.32. The third-order valence-corrected chi connectivity index (χ3v) is 10.6. The van der Waals surface area contributed by atoms with Crippen LogP contribution in [0.4, 0.5) is 13.2 Å². The number of esters is 1. The smallest absolute Gasteiger partial charge is 0.422 e. The Morgan fingerprint density at radius 2 is 1.91 bits per heavy atom. The Morgan fingerprint density at radius 1 is 1.18 bits per heavy atom. The van der Waals surface area contributed by atoms with Crippen molar-refractivity contribution >= 4 is 17.6 Å². The summed E-state index contributed by atoms with van der Waals surface area (Å²) in [6.07, 6.45) is 2.36. The Kier molecular flexibility index (Phi) is 7.97. The van der Waals surface area contributed by atoms with Crippen LogP contribution in [0.2, 0.25) is 0 Å². The molecule has 45 heavy (non-hydrogen) atoms. The highest BCUT2D eigenvalue weighted by molar-refractivity contribution is 6.00. The molecule has 2 saturated heterocycles. The molecule has 5 aliphatic rings. The van der Waals surface area contributed by atoms with E-state index < -0.39 is 41.6 Å². The number of allylic oxidation sites excluding steroid dienone is 1. The van der Waals surface area contributed by atoms with Crippen molar-refractivity contribution in [3.8, 4) is 0 Å². The van der Waals surface area contributed by atoms with Gasteiger partial charge in [-0.25, -0.2) is 0 Å². The maximum absolute atomic E-state index is 13.9. The summed E-state index contributed by atoms with van der Waals surface area (Å²) < 4.78 is 64.7. The van der Waals surface area contributed by atoms with Crippen molar-refractivity contribution < 1.29 is 46.2 Å². The van der Waals surface area contributed by atoms with Crippen LogP contribution >= 0.6 is 0 Å². The molecule has 8 nitrogen and oxygen atoms in total. The number of alkyl halides is 3. The van der Waals surface area contributed by atoms with Gasteiger partial charge in [-0.2, -0.15) is 0 Å². The van der Waals surface area contributed by atoms with E-state index in [0.717, 1.165) is 62.2 Å². The molecule has 2 aliphatic heterocycles. The number of hydrogen-bond acceptors (Lipinski definition) is 6. The van der Waals surface area contributed by atoms with Gasteiger partial charge in [0.2, 0.25) is 5.76 Å². The minimum atomic E-state index is -5.25. The lowest BCUT2D eigenvalue weighted by Gasteiger charge is -2.62. The van der Waals surface area contributed by atoms with E-state index in [1.807, 2.05) is 6.08 Å². The van der Waals surface area contributed by atoms with Crippen LogP contribution in [0.3, 0.4) is 0 Å². The maximum Gasteiger partial charge on any atom is 0.573 e. The number of quaternary nitrogens is 1. The van der Waals surface area contributed by atoms with Crippen molar-refractivity contribution in [3.63, 3.8) is 0 Å². The number of benzene rings is 1. The molecular weight excluding hydrogens is 589 g/mol. The minimum Gasteiger partial charge on any atom is -0.422 e. The standard InChI is InChI=1S/C34H41F3N2O6/c1-20(2)19-39(4)17-16-32-24-12-9-13-26(32)44-30-27(32)23(18-25(24)39)14-15-33(30,42-5)38-31(41)29(45-34(35,36)37)28(43-21(3)40)22-10-7-6-8-11-22/h6-8,10-11,14-15,20,24-26,30H,9,12-13,16-19H2,1-5H3/p+1/t24-,25+,26-,30?,32+,33?,39?/m0/s1. The van der Waals surface area contributed by atoms with Crippen molar-refractivity contribution in [2.24, 2.45) is 17.3 Å². The molecule has 1 amide bonds. The molecule has 2 heterocycles. The summed E-state index contributed by atoms with van der Waals surface area (Å²) in [5, 5.41) is 2.70. The van der Waals surface area contributed by atoms with Gasteiger partial charge in [0.25, 0.3) is 5.91 Å². The Bertz CT molecular complexity index is 1460. The minimum absolute atomic E-state index is 0.0608. The van der Waals surface area contributed by atoms with Gasteiger partial charge in [0.05, 0.1) is 32.3 Å². The molecule has 1 aromatic carbocycles. The first-order valence-corrected chi connectivity index (χ1v) is 15.8. The van der Waals surface area contributed by atoms with Crippen LogP contribution in [0.1, 0.15) is 58.4 Å². The molecule has 1 N–H and O–H groups in total. The molecule has 3 aliphatic carbocycles. The molecule has 6 rings (SSSR count). The molecular formula is C34H42F3N2O6+. The van der Waals surface area contributed by atoms with Gasteiger partial charge in [-0.3, -0.25) is 9.59 Å². The Morgan fingerprint density at radius 3 is 2.56 bits per heavy atom. The fraction of sp³-hybridized carbons (Fsp3) is 0.588. The molecule has 244 valence electrons. The number of nitrogens with zero attached hydrogens (tertiary/aromatic N) is 1. The lowest BCUT2D eigenvalue weighted by Crippen LogP contribution is -2.69. The van der Waals surface area contributed by atoms with Crippen molar-refractivity contribution in [1.82, 2.24) is 5.32 Å². The molecule has 2 bridgehead atoms. The van der Waals surface area contributed by atoms with Gasteiger partial charge in [0.1, 0.15) is 6.10 Å². The van der Waals surface area contributed by atoms with Gasteiger partial charge in [0.15, 0.2) is 11.5 Å². The fourth-order valence-corrected chi connectivity index (χ4v) is 9.23. The van der Waals surface area contributed by atoms with Crippen LogP contribution in [0, 0.1) is 17.3 Å². The predicted molar refractivity (Wildman–Crippen MR) is 159 cm³/mol. The average molecular weight is 632 g/mol. The topological polar surface area (TPSA) is 83.1 Å². The summed E-state index contributed by atoms with van der Waals surface area (Å²) in [7, 11) is 3.78. The van der Waals surface area contributed by atoms with Gasteiger partial charge in [-0.1, -0.05) is 56.7 Å². The predicted octanol–water partition coefficient (Wildman–Crippen LogP) is 5.61. The monoisotopic (exact) mass is 631 g/mol. The Balaban J connectivity index is 1.41. The van der Waals surface area contributed by atoms with E-state index >= 15 is 0 Å². The highest BCUT2D eigenvalue weighted by atomic mass is 19.4. The van der Waals surface area contributed by atoms with E-state index in [9.17, 15) is 22.8 Å². The van der Waals surface area contributed by atoms with E-state index in [2.05, 4.69) is 30.9 Å². The van der Waals surface area contributed by atoms with Crippen molar-refractivity contribution in [2.75, 3.05) is 27.2 Å². The van der Waals surface area contributed by atoms with E-state index in [-0.39, 0.29) is 17.1 Å². The zero-order valence-electron chi connectivity index (χ0n) is 26.4. The second-order valence-corrected chi connectivity index (χ2v) is 13.8. The summed E-state index contributed by atoms with van der Waals surface area (Å²) in [4.78, 5) is 26.0. The van der Waals surface area contributed by atoms with Crippen LogP contribution in [0.5, 0.6) is 0 Å². The number of amides is 1. The lowest BCUT2D eigenvalue weighted by atomic mass is 9.50. The van der Waals surface area contributed by atoms with Gasteiger partial charge in [0, 0.05) is 49.7 Å². The van der Waals surface area contributed by atoms with Crippen LogP contribution < -0.4 is 5.32 Å². The van der Waals surface area contributed by atoms with E-state index in [0.29, 0.717) is 17.9 Å². The molecule has 0 radical (unpaired) electrons. The second kappa shape index (κ2) is 11.3. The first kappa shape index (κ1) is 31.8. The quantitative estimate of drug-likeness (QED) is 0.132. The molecule has 3 unspecified atom stereocenters. The Hall–Kier alpha value is -3.15. The van der Waals surface area contributed by atoms with Crippen molar-refractivity contribution in [2.45, 2.75) is 83.2 Å². The normalized spacial score (nSPS) is 35.5. The molecule has 7 atom stereocenters. The highest BCUT2D eigenvalue weighted by Crippen LogP contribution is 2.67. The molecule has 1 aromatic rings. The number of ether oxygens (including phenoxy) is 4. The number of nitrogens with one attached hydrogen (secondary N) is 1. The maximum atomic E-state index is 13.9. The lowest BCUT2D eigenvalue weighted by molar-refractivity contribution is -0.948. The van der Waals surface area contributed by atoms with Crippen molar-refractivity contribution in [3.05, 3.63) is 65.0 Å². The summed E-state index contributed by atoms with van der Waals surface area (Å²) in [6.45, 7) is 7.68. The molecule has 1 spiro atoms. The number of carbonyl (C=O) groups excluding carboxylic acids is 2. The number of piperidine rings is 1. The number of carbonyl (C=O) groups is 2. The molecule has 0 aromatic heterocycles. The van der Waals surface area contributed by atoms with Crippen LogP contribution in [0.25, 0.3) is 5.76 Å². The van der Waals surface area contributed by atoms with Crippen LogP contribution in [-0.2, 0) is 28.5 Å². The molecule has 1 saturated carbocycles. The van der Waals surface area contributed by atoms with E-state index in [4.69, 9.17) is 14.2 Å². The third-order valence-electron chi connectivity index (χ3n) is 10.6. The van der Waals surface area contributed by atoms with Crippen LogP contribution in [0.15, 0.2) is 59.4 Å². The number of hydrogen-bond donors (Lipinski definition) is 1. The number of rotatable bonds is 8. The Labute approximate surface area is 261 Å². The van der Waals surface area contributed by atoms with Crippen LogP contribution in [-0.4, -0.2) is 73.9 Å². The van der Waals surface area contributed by atoms with Gasteiger partial charge < -0.3 is 28.7 Å². The SMILES string of the molecule is COC1(NC(=O)C(OC(F)(F)F)=C(OC(C)=O)c2ccccc2)C=CC2=C3C1O[C@H]1CCC[C@H]4[C@@H](C2)[N+](C)(CC(C)C)CC[C@]314. The zero-order valence-corrected chi connectivity index (χ0v) is 26.4. The summed E-state index contributed by atoms with van der Waals surface area (Å²) in [6, 6.07) is 8.02. The number of likely N-dealkylation sites (tertiary alicyclic amines) is 1. The van der Waals surface area contributed by atoms with Gasteiger partial charge >= 0.3 is 12.3 Å². The van der Waals surface area contributed by atoms with E-state index in [1.165, 1.54) is 24.8 Å². The van der Waals surface area contributed by atoms with E-state index in [1.54, 1.807) is 24.3 Å². The van der Waals surface area contributed by atoms with Crippen molar-refractivity contribution in [1.29, 1.82) is 0 Å². The molecule has 11 heteroatoms.